The molecule has 0 aromatic carbocycles. The summed E-state index contributed by atoms with van der Waals surface area (Å²) in [5, 5.41) is 29.7. The molecule has 194 valence electrons. The zero-order chi connectivity index (χ0) is 26.3. The number of aromatic nitrogens is 5. The standard InChI is InChI=1S/C25H30ClN9O2/c1-25(2,3)19-10-20(33-35(19)15-6-5-7-16(15)36)31-24-32-23-22(34(24)4)21(26)18(13-30-23)37-17(11-27)14-12-28-8-9-29-14/h8-13,15-16,27,29,36H,5-7H2,1-4H3,(H,30,31,32,33)/b17-14+,27-11?/t15-,16-/m1/s1. The maximum Gasteiger partial charge on any atom is 0.210 e. The molecule has 4 N–H and O–H groups in total. The third kappa shape index (κ3) is 4.72. The number of rotatable bonds is 6. The molecule has 0 saturated heterocycles. The largest absolute Gasteiger partial charge is 0.450 e. The van der Waals surface area contributed by atoms with Crippen LogP contribution >= 0.6 is 11.6 Å². The van der Waals surface area contributed by atoms with Crippen molar-refractivity contribution >= 4 is 47.0 Å². The van der Waals surface area contributed by atoms with E-state index in [0.29, 0.717) is 33.6 Å². The normalized spacial score (nSPS) is 20.8. The first-order chi connectivity index (χ1) is 17.7. The van der Waals surface area contributed by atoms with E-state index in [4.69, 9.17) is 26.8 Å². The molecule has 0 bridgehead atoms. The number of nitrogens with one attached hydrogen (secondary N) is 3. The number of allylic oxidation sites excluding steroid dienone is 2. The van der Waals surface area contributed by atoms with E-state index >= 15 is 0 Å². The number of pyridine rings is 1. The second-order valence-corrected chi connectivity index (χ2v) is 10.5. The van der Waals surface area contributed by atoms with Crippen LogP contribution < -0.4 is 15.4 Å². The Labute approximate surface area is 219 Å². The van der Waals surface area contributed by atoms with Gasteiger partial charge in [-0.1, -0.05) is 32.4 Å². The van der Waals surface area contributed by atoms with Gasteiger partial charge in [0.15, 0.2) is 23.0 Å². The van der Waals surface area contributed by atoms with Crippen LogP contribution in [0.3, 0.4) is 0 Å². The lowest BCUT2D eigenvalue weighted by atomic mass is 9.91. The van der Waals surface area contributed by atoms with Crippen LogP contribution in [0.15, 0.2) is 41.1 Å². The zero-order valence-corrected chi connectivity index (χ0v) is 21.9. The number of aliphatic imine (C=N–C) groups is 1. The number of fused-ring (bicyclic) bond motifs is 1. The number of ether oxygens (including phenoxy) is 1. The lowest BCUT2D eigenvalue weighted by Crippen LogP contribution is -2.26. The van der Waals surface area contributed by atoms with Crippen LogP contribution in [-0.2, 0) is 12.5 Å². The molecular formula is C25H30ClN9O2. The minimum Gasteiger partial charge on any atom is -0.450 e. The van der Waals surface area contributed by atoms with Crippen LogP contribution in [0.5, 0.6) is 5.75 Å². The number of aliphatic hydroxyl groups is 1. The molecule has 1 fully saturated rings. The van der Waals surface area contributed by atoms with Crippen molar-refractivity contribution in [1.82, 2.24) is 29.6 Å². The molecule has 0 spiro atoms. The molecule has 1 saturated carbocycles. The van der Waals surface area contributed by atoms with Crippen molar-refractivity contribution in [2.75, 3.05) is 5.32 Å². The minimum absolute atomic E-state index is 0.0441. The summed E-state index contributed by atoms with van der Waals surface area (Å²) in [6.45, 7) is 6.40. The molecule has 1 aliphatic carbocycles. The Morgan fingerprint density at radius 3 is 2.81 bits per heavy atom. The second kappa shape index (κ2) is 9.64. The van der Waals surface area contributed by atoms with E-state index < -0.39 is 6.10 Å². The molecule has 1 aliphatic heterocycles. The second-order valence-electron chi connectivity index (χ2n) is 10.2. The van der Waals surface area contributed by atoms with E-state index in [-0.39, 0.29) is 23.0 Å². The first kappa shape index (κ1) is 25.0. The number of anilines is 2. The summed E-state index contributed by atoms with van der Waals surface area (Å²) >= 11 is 6.73. The van der Waals surface area contributed by atoms with E-state index in [2.05, 4.69) is 46.4 Å². The molecular weight excluding hydrogens is 494 g/mol. The van der Waals surface area contributed by atoms with Crippen molar-refractivity contribution in [3.05, 3.63) is 46.8 Å². The van der Waals surface area contributed by atoms with Gasteiger partial charge in [-0.3, -0.25) is 9.67 Å². The Morgan fingerprint density at radius 2 is 2.16 bits per heavy atom. The van der Waals surface area contributed by atoms with Crippen molar-refractivity contribution in [3.63, 3.8) is 0 Å². The summed E-state index contributed by atoms with van der Waals surface area (Å²) in [6.07, 6.45) is 9.61. The highest BCUT2D eigenvalue weighted by molar-refractivity contribution is 6.36. The van der Waals surface area contributed by atoms with Crippen molar-refractivity contribution in [2.24, 2.45) is 12.0 Å². The molecule has 4 heterocycles. The molecule has 0 unspecified atom stereocenters. The molecule has 12 heteroatoms. The lowest BCUT2D eigenvalue weighted by molar-refractivity contribution is 0.127. The highest BCUT2D eigenvalue weighted by atomic mass is 35.5. The van der Waals surface area contributed by atoms with Gasteiger partial charge in [0.2, 0.25) is 5.95 Å². The Hall–Kier alpha value is -3.70. The van der Waals surface area contributed by atoms with Gasteiger partial charge in [0.25, 0.3) is 0 Å². The van der Waals surface area contributed by atoms with Gasteiger partial charge in [-0.2, -0.15) is 10.1 Å². The lowest BCUT2D eigenvalue weighted by Gasteiger charge is -2.25. The smallest absolute Gasteiger partial charge is 0.210 e. The van der Waals surface area contributed by atoms with Crippen molar-refractivity contribution in [3.8, 4) is 5.75 Å². The summed E-state index contributed by atoms with van der Waals surface area (Å²) in [5.41, 5.74) is 2.41. The third-order valence-electron chi connectivity index (χ3n) is 6.53. The van der Waals surface area contributed by atoms with Crippen molar-refractivity contribution < 1.29 is 9.84 Å². The molecule has 3 aromatic heterocycles. The number of hydrogen-bond acceptors (Lipinski definition) is 9. The Morgan fingerprint density at radius 1 is 1.35 bits per heavy atom. The van der Waals surface area contributed by atoms with Gasteiger partial charge in [-0.05, 0) is 19.3 Å². The average molecular weight is 524 g/mol. The fourth-order valence-corrected chi connectivity index (χ4v) is 4.92. The van der Waals surface area contributed by atoms with E-state index in [1.54, 1.807) is 23.2 Å². The van der Waals surface area contributed by atoms with Crippen LogP contribution in [0.4, 0.5) is 11.8 Å². The van der Waals surface area contributed by atoms with Gasteiger partial charge in [-0.25, -0.2) is 4.98 Å². The summed E-state index contributed by atoms with van der Waals surface area (Å²) in [7, 11) is 1.83. The summed E-state index contributed by atoms with van der Waals surface area (Å²) in [6, 6.07) is 1.96. The van der Waals surface area contributed by atoms with Crippen LogP contribution in [0, 0.1) is 5.41 Å². The number of halogens is 1. The van der Waals surface area contributed by atoms with Crippen LogP contribution in [0.2, 0.25) is 5.02 Å². The van der Waals surface area contributed by atoms with E-state index in [0.717, 1.165) is 31.2 Å². The Kier molecular flexibility index (Phi) is 6.50. The van der Waals surface area contributed by atoms with Gasteiger partial charge in [-0.15, -0.1) is 0 Å². The van der Waals surface area contributed by atoms with E-state index in [1.807, 2.05) is 17.8 Å². The molecule has 11 nitrogen and oxygen atoms in total. The predicted molar refractivity (Wildman–Crippen MR) is 144 cm³/mol. The highest BCUT2D eigenvalue weighted by Crippen LogP contribution is 2.37. The summed E-state index contributed by atoms with van der Waals surface area (Å²) in [5.74, 6) is 1.66. The predicted octanol–water partition coefficient (Wildman–Crippen LogP) is 4.33. The van der Waals surface area contributed by atoms with Gasteiger partial charge in [0.05, 0.1) is 30.8 Å². The zero-order valence-electron chi connectivity index (χ0n) is 21.2. The van der Waals surface area contributed by atoms with Crippen molar-refractivity contribution in [2.45, 2.75) is 57.6 Å². The van der Waals surface area contributed by atoms with Crippen molar-refractivity contribution in [1.29, 1.82) is 5.41 Å². The molecule has 0 radical (unpaired) electrons. The fourth-order valence-electron chi connectivity index (χ4n) is 4.63. The number of hydrogen-bond donors (Lipinski definition) is 4. The third-order valence-corrected chi connectivity index (χ3v) is 6.89. The topological polar surface area (TPSA) is 138 Å². The maximum atomic E-state index is 10.5. The van der Waals surface area contributed by atoms with Crippen LogP contribution in [0.25, 0.3) is 11.2 Å². The average Bonchev–Trinajstić information content (AvgIpc) is 3.57. The number of aryl methyl sites for hydroxylation is 1. The Bertz CT molecular complexity index is 1440. The summed E-state index contributed by atoms with van der Waals surface area (Å²) in [4.78, 5) is 13.1. The molecule has 3 aromatic rings. The first-order valence-electron chi connectivity index (χ1n) is 12.1. The van der Waals surface area contributed by atoms with Crippen LogP contribution in [-0.4, -0.2) is 48.0 Å². The fraction of sp³-hybridized carbons (Fsp3) is 0.400. The molecule has 5 rings (SSSR count). The first-order valence-corrected chi connectivity index (χ1v) is 12.5. The molecule has 2 atom stereocenters. The van der Waals surface area contributed by atoms with Gasteiger partial charge in [0, 0.05) is 36.6 Å². The maximum absolute atomic E-state index is 10.5. The van der Waals surface area contributed by atoms with Gasteiger partial charge >= 0.3 is 0 Å². The number of aliphatic hydroxyl groups excluding tert-OH is 1. The number of imidazole rings is 1. The number of nitrogens with zero attached hydrogens (tertiary/aromatic N) is 6. The van der Waals surface area contributed by atoms with E-state index in [9.17, 15) is 5.11 Å². The molecule has 0 amide bonds. The highest BCUT2D eigenvalue weighted by Gasteiger charge is 2.32. The minimum atomic E-state index is -0.405. The summed E-state index contributed by atoms with van der Waals surface area (Å²) < 4.78 is 9.65. The SMILES string of the molecule is Cn1c(Nc2cc(C(C)(C)C)n([C@@H]3CCC[C@H]3O)n2)nc2ncc(O/C(C=N)=C3\C=NC=CN3)c(Cl)c21. The van der Waals surface area contributed by atoms with Gasteiger partial charge < -0.3 is 30.5 Å². The van der Waals surface area contributed by atoms with E-state index in [1.165, 1.54) is 6.20 Å². The quantitative estimate of drug-likeness (QED) is 0.278. The Balaban J connectivity index is 1.48. The molecule has 2 aliphatic rings. The van der Waals surface area contributed by atoms with Crippen LogP contribution in [0.1, 0.15) is 51.8 Å². The molecule has 37 heavy (non-hydrogen) atoms. The van der Waals surface area contributed by atoms with Gasteiger partial charge in [0.1, 0.15) is 16.2 Å². The monoisotopic (exact) mass is 523 g/mol.